The zero-order valence-corrected chi connectivity index (χ0v) is 15.4. The summed E-state index contributed by atoms with van der Waals surface area (Å²) in [7, 11) is 0. The van der Waals surface area contributed by atoms with Crippen molar-refractivity contribution in [3.8, 4) is 0 Å². The van der Waals surface area contributed by atoms with Crippen LogP contribution in [0.4, 0.5) is 0 Å². The fourth-order valence-electron chi connectivity index (χ4n) is 4.71. The van der Waals surface area contributed by atoms with Gasteiger partial charge in [0.1, 0.15) is 11.1 Å². The van der Waals surface area contributed by atoms with Crippen molar-refractivity contribution in [3.05, 3.63) is 46.7 Å². The van der Waals surface area contributed by atoms with Gasteiger partial charge in [0.25, 0.3) is 0 Å². The lowest BCUT2D eigenvalue weighted by Crippen LogP contribution is -2.05. The van der Waals surface area contributed by atoms with E-state index in [1.165, 1.54) is 0 Å². The quantitative estimate of drug-likeness (QED) is 0.596. The van der Waals surface area contributed by atoms with Gasteiger partial charge in [0.2, 0.25) is 5.89 Å². The molecule has 7 nitrogen and oxygen atoms in total. The number of furan rings is 1. The third-order valence-corrected chi connectivity index (χ3v) is 6.34. The Balaban J connectivity index is 1.57. The smallest absolute Gasteiger partial charge is 0.233 e. The second kappa shape index (κ2) is 4.54. The summed E-state index contributed by atoms with van der Waals surface area (Å²) in [6.45, 7) is 5.88. The molecular weight excluding hydrogens is 342 g/mol. The van der Waals surface area contributed by atoms with Crippen molar-refractivity contribution in [2.45, 2.75) is 50.5 Å². The van der Waals surface area contributed by atoms with E-state index in [1.807, 2.05) is 20.0 Å². The molecule has 1 aromatic carbocycles. The molecule has 0 saturated heterocycles. The van der Waals surface area contributed by atoms with Crippen molar-refractivity contribution in [1.29, 1.82) is 0 Å². The number of benzene rings is 1. The van der Waals surface area contributed by atoms with Crippen LogP contribution in [0.25, 0.3) is 22.1 Å². The van der Waals surface area contributed by atoms with Crippen LogP contribution >= 0.6 is 0 Å². The molecule has 7 heteroatoms. The van der Waals surface area contributed by atoms with Crippen molar-refractivity contribution in [3.63, 3.8) is 0 Å². The average molecular weight is 361 g/mol. The third-order valence-electron chi connectivity index (χ3n) is 6.34. The van der Waals surface area contributed by atoms with E-state index in [1.54, 1.807) is 0 Å². The Bertz CT molecular complexity index is 1250. The molecule has 0 unspecified atom stereocenters. The summed E-state index contributed by atoms with van der Waals surface area (Å²) in [4.78, 5) is 4.47. The number of aryl methyl sites for hydroxylation is 2. The monoisotopic (exact) mass is 361 g/mol. The van der Waals surface area contributed by atoms with Crippen LogP contribution in [0, 0.1) is 13.8 Å². The normalized spacial score (nSPS) is 27.1. The number of rotatable bonds is 3. The number of hydrogen-bond donors (Lipinski definition) is 1. The lowest BCUT2D eigenvalue weighted by atomic mass is 10.0. The Kier molecular flexibility index (Phi) is 2.57. The van der Waals surface area contributed by atoms with E-state index in [0.717, 1.165) is 57.5 Å². The molecule has 3 heterocycles. The molecule has 2 aliphatic rings. The molecular formula is C20H19N5O2. The Morgan fingerprint density at radius 3 is 2.67 bits per heavy atom. The Morgan fingerprint density at radius 1 is 1.15 bits per heavy atom. The van der Waals surface area contributed by atoms with E-state index in [2.05, 4.69) is 39.4 Å². The molecule has 2 aliphatic carbocycles. The lowest BCUT2D eigenvalue weighted by Gasteiger charge is -2.07. The minimum absolute atomic E-state index is 0.0163. The van der Waals surface area contributed by atoms with Gasteiger partial charge in [-0.05, 0) is 45.2 Å². The van der Waals surface area contributed by atoms with Crippen LogP contribution in [0.3, 0.4) is 0 Å². The van der Waals surface area contributed by atoms with Crippen molar-refractivity contribution in [2.75, 3.05) is 0 Å². The van der Waals surface area contributed by atoms with Crippen LogP contribution in [-0.4, -0.2) is 20.3 Å². The first-order valence-electron chi connectivity index (χ1n) is 9.20. The van der Waals surface area contributed by atoms with Crippen molar-refractivity contribution < 1.29 is 8.94 Å². The van der Waals surface area contributed by atoms with Crippen molar-refractivity contribution >= 4 is 22.1 Å². The number of nitrogens with zero attached hydrogens (tertiary/aromatic N) is 4. The van der Waals surface area contributed by atoms with Crippen molar-refractivity contribution in [1.82, 2.24) is 20.3 Å². The van der Waals surface area contributed by atoms with Gasteiger partial charge in [-0.3, -0.25) is 0 Å². The van der Waals surface area contributed by atoms with Crippen LogP contribution in [0.2, 0.25) is 0 Å². The Labute approximate surface area is 154 Å². The summed E-state index contributed by atoms with van der Waals surface area (Å²) >= 11 is 0. The first-order valence-corrected chi connectivity index (χ1v) is 9.20. The van der Waals surface area contributed by atoms with Gasteiger partial charge in [-0.15, -0.1) is 5.10 Å². The minimum Gasteiger partial charge on any atom is -0.454 e. The van der Waals surface area contributed by atoms with E-state index in [0.29, 0.717) is 5.82 Å². The standard InChI is InChI=1S/C20H19N5O2/c1-9-4-12(10(2)21)16-13(5-9)15-17(26-16)14(6-22-24-15)19-7-20(19,8-19)18-23-11(3)25-27-18/h4-6,10H,7-8,21H2,1-3H3/t10-,19?,20?/m1/s1. The molecule has 0 bridgehead atoms. The summed E-state index contributed by atoms with van der Waals surface area (Å²) in [5, 5.41) is 13.6. The molecule has 3 aromatic heterocycles. The maximum absolute atomic E-state index is 6.36. The minimum atomic E-state index is -0.121. The first kappa shape index (κ1) is 15.3. The zero-order chi connectivity index (χ0) is 18.6. The predicted molar refractivity (Wildman–Crippen MR) is 98.3 cm³/mol. The maximum Gasteiger partial charge on any atom is 0.233 e. The third kappa shape index (κ3) is 1.75. The molecule has 2 N–H and O–H groups in total. The van der Waals surface area contributed by atoms with Crippen LogP contribution < -0.4 is 5.73 Å². The summed E-state index contributed by atoms with van der Waals surface area (Å²) in [5.41, 5.74) is 11.8. The predicted octanol–water partition coefficient (Wildman–Crippen LogP) is 3.38. The lowest BCUT2D eigenvalue weighted by molar-refractivity contribution is 0.361. The number of nitrogens with two attached hydrogens (primary N) is 1. The van der Waals surface area contributed by atoms with Gasteiger partial charge < -0.3 is 14.7 Å². The van der Waals surface area contributed by atoms with E-state index in [-0.39, 0.29) is 16.9 Å². The zero-order valence-electron chi connectivity index (χ0n) is 15.4. The second-order valence-corrected chi connectivity index (χ2v) is 8.22. The molecule has 2 saturated carbocycles. The van der Waals surface area contributed by atoms with Crippen LogP contribution in [0.5, 0.6) is 0 Å². The molecule has 6 rings (SSSR count). The average Bonchev–Trinajstić information content (AvgIpc) is 3.30. The number of fused-ring (bicyclic) bond motifs is 4. The summed E-state index contributed by atoms with van der Waals surface area (Å²) in [5.74, 6) is 1.40. The fraction of sp³-hybridized carbons (Fsp3) is 0.400. The number of hydrogen-bond acceptors (Lipinski definition) is 7. The van der Waals surface area contributed by atoms with E-state index in [9.17, 15) is 0 Å². The highest BCUT2D eigenvalue weighted by atomic mass is 16.5. The molecule has 0 aliphatic heterocycles. The highest BCUT2D eigenvalue weighted by Crippen LogP contribution is 2.85. The van der Waals surface area contributed by atoms with Gasteiger partial charge in [0.15, 0.2) is 11.4 Å². The summed E-state index contributed by atoms with van der Waals surface area (Å²) < 4.78 is 11.8. The summed E-state index contributed by atoms with van der Waals surface area (Å²) in [6.07, 6.45) is 3.80. The van der Waals surface area contributed by atoms with Crippen molar-refractivity contribution in [2.24, 2.45) is 5.73 Å². The number of aromatic nitrogens is 4. The van der Waals surface area contributed by atoms with Crippen LogP contribution in [0.15, 0.2) is 27.3 Å². The van der Waals surface area contributed by atoms with E-state index >= 15 is 0 Å². The largest absolute Gasteiger partial charge is 0.454 e. The van der Waals surface area contributed by atoms with Gasteiger partial charge >= 0.3 is 0 Å². The van der Waals surface area contributed by atoms with Crippen LogP contribution in [0.1, 0.15) is 54.2 Å². The molecule has 0 amide bonds. The molecule has 2 fully saturated rings. The maximum atomic E-state index is 6.36. The molecule has 1 atom stereocenters. The highest BCUT2D eigenvalue weighted by molar-refractivity contribution is 6.05. The molecule has 0 spiro atoms. The van der Waals surface area contributed by atoms with E-state index in [4.69, 9.17) is 14.7 Å². The van der Waals surface area contributed by atoms with Gasteiger partial charge in [-0.25, -0.2) is 0 Å². The topological polar surface area (TPSA) is 104 Å². The summed E-state index contributed by atoms with van der Waals surface area (Å²) in [6, 6.07) is 4.06. The first-order chi connectivity index (χ1) is 12.9. The molecule has 27 heavy (non-hydrogen) atoms. The Hall–Kier alpha value is -2.80. The van der Waals surface area contributed by atoms with Gasteiger partial charge in [-0.2, -0.15) is 10.1 Å². The van der Waals surface area contributed by atoms with Gasteiger partial charge in [0, 0.05) is 28.0 Å². The fourth-order valence-corrected chi connectivity index (χ4v) is 4.71. The van der Waals surface area contributed by atoms with Crippen LogP contribution in [-0.2, 0) is 10.8 Å². The molecule has 0 radical (unpaired) electrons. The highest BCUT2D eigenvalue weighted by Gasteiger charge is 2.88. The second-order valence-electron chi connectivity index (χ2n) is 8.22. The SMILES string of the molecule is Cc1cc([C@@H](C)N)c2oc3c(C45CC4(c4nc(C)no4)C5)cnnc3c2c1. The molecule has 136 valence electrons. The van der Waals surface area contributed by atoms with E-state index < -0.39 is 0 Å². The van der Waals surface area contributed by atoms with Gasteiger partial charge in [-0.1, -0.05) is 11.2 Å². The molecule has 4 aromatic rings. The van der Waals surface area contributed by atoms with Gasteiger partial charge in [0.05, 0.1) is 11.6 Å². The Morgan fingerprint density at radius 2 is 1.96 bits per heavy atom.